The molecule has 4 N–H and O–H groups in total. The molecular weight excluding hydrogens is 221 g/mol. The number of nitrogens with zero attached hydrogens (tertiary/aromatic N) is 1. The first-order valence-corrected chi connectivity index (χ1v) is 4.11. The van der Waals surface area contributed by atoms with Crippen molar-refractivity contribution in [3.63, 3.8) is 0 Å². The van der Waals surface area contributed by atoms with Gasteiger partial charge in [0.25, 0.3) is 0 Å². The van der Waals surface area contributed by atoms with Crippen molar-refractivity contribution in [2.24, 2.45) is 11.5 Å². The number of halogens is 2. The van der Waals surface area contributed by atoms with Gasteiger partial charge in [0.15, 0.2) is 0 Å². The number of hydrogen-bond acceptors (Lipinski definition) is 2. The Morgan fingerprint density at radius 1 is 1.60 bits per heavy atom. The second-order valence-electron chi connectivity index (χ2n) is 2.91. The van der Waals surface area contributed by atoms with Gasteiger partial charge in [0, 0.05) is 25.5 Å². The van der Waals surface area contributed by atoms with Crippen LogP contribution in [0.5, 0.6) is 0 Å². The van der Waals surface area contributed by atoms with Gasteiger partial charge in [0.2, 0.25) is 5.91 Å². The summed E-state index contributed by atoms with van der Waals surface area (Å²) < 4.78 is 13.8. The number of hydrogen-bond donors (Lipinski definition) is 2. The molecule has 6 heteroatoms. The summed E-state index contributed by atoms with van der Waals surface area (Å²) in [6.07, 6.45) is 3.69. The summed E-state index contributed by atoms with van der Waals surface area (Å²) in [4.78, 5) is 10.7. The van der Waals surface area contributed by atoms with Gasteiger partial charge in [-0.2, -0.15) is 0 Å². The van der Waals surface area contributed by atoms with E-state index in [4.69, 9.17) is 11.5 Å². The van der Waals surface area contributed by atoms with Crippen LogP contribution in [0.1, 0.15) is 10.4 Å². The van der Waals surface area contributed by atoms with Crippen LogP contribution in [0.4, 0.5) is 4.39 Å². The fourth-order valence-corrected chi connectivity index (χ4v) is 1.06. The van der Waals surface area contributed by atoms with E-state index in [2.05, 4.69) is 0 Å². The van der Waals surface area contributed by atoms with E-state index in [1.165, 1.54) is 0 Å². The lowest BCUT2D eigenvalue weighted by Crippen LogP contribution is -2.11. The maximum Gasteiger partial charge on any atom is 0.250 e. The van der Waals surface area contributed by atoms with Crippen LogP contribution in [0.3, 0.4) is 0 Å². The molecule has 0 radical (unpaired) electrons. The Balaban J connectivity index is 0.00000196. The van der Waals surface area contributed by atoms with E-state index in [0.29, 0.717) is 24.0 Å². The van der Waals surface area contributed by atoms with Crippen LogP contribution in [0, 0.1) is 0 Å². The Hall–Kier alpha value is -1.33. The normalized spacial score (nSPS) is 10.9. The van der Waals surface area contributed by atoms with Crippen LogP contribution < -0.4 is 11.5 Å². The van der Waals surface area contributed by atoms with Crippen LogP contribution in [0.25, 0.3) is 0 Å². The number of primary amides is 1. The van der Waals surface area contributed by atoms with Crippen molar-refractivity contribution in [2.45, 2.75) is 6.54 Å². The van der Waals surface area contributed by atoms with Gasteiger partial charge in [0.1, 0.15) is 0 Å². The van der Waals surface area contributed by atoms with Crippen LogP contribution in [-0.4, -0.2) is 17.0 Å². The van der Waals surface area contributed by atoms with E-state index in [1.54, 1.807) is 23.0 Å². The van der Waals surface area contributed by atoms with Crippen LogP contribution in [0.15, 0.2) is 30.4 Å². The molecule has 0 unspecified atom stereocenters. The minimum atomic E-state index is -0.498. The molecule has 1 aromatic heterocycles. The fourth-order valence-electron chi connectivity index (χ4n) is 1.06. The maximum absolute atomic E-state index is 12.2. The average molecular weight is 234 g/mol. The highest BCUT2D eigenvalue weighted by atomic mass is 35.5. The van der Waals surface area contributed by atoms with Gasteiger partial charge in [-0.25, -0.2) is 4.39 Å². The highest BCUT2D eigenvalue weighted by Crippen LogP contribution is 2.04. The summed E-state index contributed by atoms with van der Waals surface area (Å²) in [5.41, 5.74) is 11.2. The van der Waals surface area contributed by atoms with Crippen molar-refractivity contribution in [1.29, 1.82) is 0 Å². The molecule has 0 saturated heterocycles. The van der Waals surface area contributed by atoms with Gasteiger partial charge in [-0.05, 0) is 11.6 Å². The van der Waals surface area contributed by atoms with Gasteiger partial charge in [-0.15, -0.1) is 12.4 Å². The summed E-state index contributed by atoms with van der Waals surface area (Å²) in [6, 6.07) is 1.58. The third kappa shape index (κ3) is 3.73. The Bertz CT molecular complexity index is 362. The summed E-state index contributed by atoms with van der Waals surface area (Å²) >= 11 is 0. The first kappa shape index (κ1) is 13.7. The zero-order chi connectivity index (χ0) is 10.6. The number of carbonyl (C=O) groups is 1. The minimum absolute atomic E-state index is 0. The van der Waals surface area contributed by atoms with Crippen molar-refractivity contribution in [2.75, 3.05) is 6.54 Å². The first-order valence-electron chi connectivity index (χ1n) is 4.11. The molecule has 1 aromatic rings. The van der Waals surface area contributed by atoms with E-state index in [0.717, 1.165) is 0 Å². The molecule has 84 valence electrons. The van der Waals surface area contributed by atoms with Gasteiger partial charge in [-0.3, -0.25) is 4.79 Å². The van der Waals surface area contributed by atoms with Crippen LogP contribution >= 0.6 is 12.4 Å². The second kappa shape index (κ2) is 6.21. The molecule has 0 saturated carbocycles. The lowest BCUT2D eigenvalue weighted by molar-refractivity contribution is 0.100. The van der Waals surface area contributed by atoms with E-state index >= 15 is 0 Å². The van der Waals surface area contributed by atoms with Crippen molar-refractivity contribution >= 4 is 18.3 Å². The highest BCUT2D eigenvalue weighted by molar-refractivity contribution is 5.92. The highest BCUT2D eigenvalue weighted by Gasteiger charge is 2.03. The van der Waals surface area contributed by atoms with Gasteiger partial charge < -0.3 is 16.0 Å². The SMILES string of the molecule is Cl.NC/C(=C\F)Cn1ccc(C(N)=O)c1. The van der Waals surface area contributed by atoms with Gasteiger partial charge in [0.05, 0.1) is 11.9 Å². The molecule has 0 aliphatic heterocycles. The van der Waals surface area contributed by atoms with Gasteiger partial charge >= 0.3 is 0 Å². The molecule has 0 aliphatic rings. The van der Waals surface area contributed by atoms with Crippen molar-refractivity contribution < 1.29 is 9.18 Å². The molecule has 0 aromatic carbocycles. The second-order valence-corrected chi connectivity index (χ2v) is 2.91. The van der Waals surface area contributed by atoms with E-state index in [1.807, 2.05) is 0 Å². The lowest BCUT2D eigenvalue weighted by atomic mass is 10.3. The number of aromatic nitrogens is 1. The third-order valence-corrected chi connectivity index (χ3v) is 1.84. The molecule has 4 nitrogen and oxygen atoms in total. The monoisotopic (exact) mass is 233 g/mol. The number of rotatable bonds is 4. The van der Waals surface area contributed by atoms with E-state index < -0.39 is 5.91 Å². The van der Waals surface area contributed by atoms with Crippen molar-refractivity contribution in [1.82, 2.24) is 4.57 Å². The van der Waals surface area contributed by atoms with E-state index in [9.17, 15) is 9.18 Å². The molecule has 15 heavy (non-hydrogen) atoms. The lowest BCUT2D eigenvalue weighted by Gasteiger charge is -2.03. The zero-order valence-corrected chi connectivity index (χ0v) is 8.84. The molecule has 0 spiro atoms. The molecule has 0 bridgehead atoms. The average Bonchev–Trinajstić information content (AvgIpc) is 2.62. The number of carbonyl (C=O) groups excluding carboxylic acids is 1. The fraction of sp³-hybridized carbons (Fsp3) is 0.222. The van der Waals surface area contributed by atoms with E-state index in [-0.39, 0.29) is 19.0 Å². The van der Waals surface area contributed by atoms with Crippen molar-refractivity contribution in [3.05, 3.63) is 35.9 Å². The minimum Gasteiger partial charge on any atom is -0.366 e. The molecule has 1 amide bonds. The van der Waals surface area contributed by atoms with Crippen LogP contribution in [0.2, 0.25) is 0 Å². The standard InChI is InChI=1S/C9H12FN3O.ClH/c10-3-7(4-11)5-13-2-1-8(6-13)9(12)14;/h1-3,6H,4-5,11H2,(H2,12,14);1H/b7-3+;. The Labute approximate surface area is 93.1 Å². The predicted octanol–water partition coefficient (Wildman–Crippen LogP) is 0.821. The zero-order valence-electron chi connectivity index (χ0n) is 8.02. The molecule has 1 rings (SSSR count). The first-order chi connectivity index (χ1) is 6.67. The quantitative estimate of drug-likeness (QED) is 0.808. The summed E-state index contributed by atoms with van der Waals surface area (Å²) in [5.74, 6) is -0.498. The Morgan fingerprint density at radius 3 is 2.67 bits per heavy atom. The third-order valence-electron chi connectivity index (χ3n) is 1.84. The van der Waals surface area contributed by atoms with Crippen LogP contribution in [-0.2, 0) is 6.54 Å². The van der Waals surface area contributed by atoms with Crippen molar-refractivity contribution in [3.8, 4) is 0 Å². The molecule has 0 fully saturated rings. The number of amides is 1. The largest absolute Gasteiger partial charge is 0.366 e. The summed E-state index contributed by atoms with van der Waals surface area (Å²) in [5, 5.41) is 0. The Kier molecular flexibility index (Phi) is 5.66. The summed E-state index contributed by atoms with van der Waals surface area (Å²) in [6.45, 7) is 0.487. The maximum atomic E-state index is 12.2. The number of nitrogens with two attached hydrogens (primary N) is 2. The molecule has 0 atom stereocenters. The molecule has 1 heterocycles. The molecule has 0 aliphatic carbocycles. The molecular formula is C9H13ClFN3O. The smallest absolute Gasteiger partial charge is 0.250 e. The Morgan fingerprint density at radius 2 is 2.27 bits per heavy atom. The summed E-state index contributed by atoms with van der Waals surface area (Å²) in [7, 11) is 0. The topological polar surface area (TPSA) is 74.0 Å². The predicted molar refractivity (Wildman–Crippen MR) is 58.4 cm³/mol. The van der Waals surface area contributed by atoms with Gasteiger partial charge in [-0.1, -0.05) is 0 Å².